The van der Waals surface area contributed by atoms with Gasteiger partial charge in [-0.2, -0.15) is 0 Å². The molecular weight excluding hydrogens is 200 g/mol. The van der Waals surface area contributed by atoms with E-state index in [1.807, 2.05) is 0 Å². The van der Waals surface area contributed by atoms with Gasteiger partial charge >= 0.3 is 0 Å². The van der Waals surface area contributed by atoms with Gasteiger partial charge in [0.2, 0.25) is 0 Å². The Morgan fingerprint density at radius 1 is 1.38 bits per heavy atom. The highest BCUT2D eigenvalue weighted by Crippen LogP contribution is 2.30. The molecule has 0 spiro atoms. The number of imidazole rings is 1. The van der Waals surface area contributed by atoms with Gasteiger partial charge in [-0.3, -0.25) is 4.40 Å². The molecule has 0 aliphatic carbocycles. The maximum absolute atomic E-state index is 5.87. The molecule has 2 aromatic heterocycles. The predicted octanol–water partition coefficient (Wildman–Crippen LogP) is 2.66. The van der Waals surface area contributed by atoms with E-state index in [2.05, 4.69) is 43.4 Å². The van der Waals surface area contributed by atoms with Crippen LogP contribution in [0.25, 0.3) is 5.65 Å². The monoisotopic (exact) mass is 216 g/mol. The van der Waals surface area contributed by atoms with Crippen LogP contribution in [0.5, 0.6) is 0 Å². The van der Waals surface area contributed by atoms with Crippen LogP contribution < -0.4 is 0 Å². The van der Waals surface area contributed by atoms with Gasteiger partial charge in [-0.1, -0.05) is 6.07 Å². The number of rotatable bonds is 0. The van der Waals surface area contributed by atoms with Crippen LogP contribution in [-0.2, 0) is 11.2 Å². The van der Waals surface area contributed by atoms with E-state index in [-0.39, 0.29) is 12.2 Å². The van der Waals surface area contributed by atoms with E-state index in [9.17, 15) is 0 Å². The van der Waals surface area contributed by atoms with Crippen molar-refractivity contribution in [2.45, 2.75) is 39.4 Å². The summed E-state index contributed by atoms with van der Waals surface area (Å²) in [4.78, 5) is 4.70. The van der Waals surface area contributed by atoms with E-state index in [4.69, 9.17) is 9.72 Å². The summed E-state index contributed by atoms with van der Waals surface area (Å²) in [7, 11) is 0. The number of nitrogens with zero attached hydrogens (tertiary/aromatic N) is 2. The zero-order valence-electron chi connectivity index (χ0n) is 9.90. The largest absolute Gasteiger partial charge is 0.369 e. The Kier molecular flexibility index (Phi) is 2.04. The van der Waals surface area contributed by atoms with Gasteiger partial charge in [0.25, 0.3) is 0 Å². The van der Waals surface area contributed by atoms with Gasteiger partial charge in [-0.15, -0.1) is 0 Å². The van der Waals surface area contributed by atoms with Crippen molar-refractivity contribution in [1.82, 2.24) is 9.38 Å². The summed E-state index contributed by atoms with van der Waals surface area (Å²) in [5, 5.41) is 0. The number of pyridine rings is 1. The summed E-state index contributed by atoms with van der Waals surface area (Å²) >= 11 is 0. The van der Waals surface area contributed by atoms with Crippen LogP contribution in [0.3, 0.4) is 0 Å². The molecule has 0 fully saturated rings. The molecule has 0 radical (unpaired) electrons. The Morgan fingerprint density at radius 2 is 2.19 bits per heavy atom. The molecule has 3 heteroatoms. The van der Waals surface area contributed by atoms with Crippen molar-refractivity contribution in [3.05, 3.63) is 35.3 Å². The fraction of sp³-hybridized carbons (Fsp3) is 0.462. The van der Waals surface area contributed by atoms with Gasteiger partial charge in [0.05, 0.1) is 23.6 Å². The smallest absolute Gasteiger partial charge is 0.137 e. The van der Waals surface area contributed by atoms with Gasteiger partial charge in [0.15, 0.2) is 0 Å². The summed E-state index contributed by atoms with van der Waals surface area (Å²) in [5.74, 6) is 0. The fourth-order valence-electron chi connectivity index (χ4n) is 2.63. The van der Waals surface area contributed by atoms with E-state index in [0.29, 0.717) is 0 Å². The number of aryl methyl sites for hydroxylation is 1. The highest BCUT2D eigenvalue weighted by Gasteiger charge is 2.27. The predicted molar refractivity (Wildman–Crippen MR) is 62.6 cm³/mol. The number of fused-ring (bicyclic) bond motifs is 3. The minimum atomic E-state index is 0.134. The molecule has 84 valence electrons. The second kappa shape index (κ2) is 3.32. The first kappa shape index (κ1) is 9.85. The number of hydrogen-bond acceptors (Lipinski definition) is 2. The van der Waals surface area contributed by atoms with Crippen LogP contribution in [-0.4, -0.2) is 15.5 Å². The Labute approximate surface area is 95.1 Å². The molecule has 2 aromatic rings. The fourth-order valence-corrected chi connectivity index (χ4v) is 2.63. The van der Waals surface area contributed by atoms with Crippen LogP contribution >= 0.6 is 0 Å². The third-order valence-corrected chi connectivity index (χ3v) is 3.25. The van der Waals surface area contributed by atoms with Crippen molar-refractivity contribution in [1.29, 1.82) is 0 Å². The minimum absolute atomic E-state index is 0.134. The zero-order valence-corrected chi connectivity index (χ0v) is 9.90. The van der Waals surface area contributed by atoms with E-state index in [1.165, 1.54) is 17.1 Å². The first-order valence-electron chi connectivity index (χ1n) is 5.79. The minimum Gasteiger partial charge on any atom is -0.369 e. The first-order valence-corrected chi connectivity index (χ1v) is 5.79. The van der Waals surface area contributed by atoms with Gasteiger partial charge in [-0.25, -0.2) is 4.98 Å². The van der Waals surface area contributed by atoms with Crippen molar-refractivity contribution in [2.24, 2.45) is 0 Å². The lowest BCUT2D eigenvalue weighted by Crippen LogP contribution is -2.23. The Balaban J connectivity index is 2.32. The first-order chi connectivity index (χ1) is 7.66. The van der Waals surface area contributed by atoms with Crippen molar-refractivity contribution >= 4 is 5.65 Å². The summed E-state index contributed by atoms with van der Waals surface area (Å²) < 4.78 is 8.09. The second-order valence-electron chi connectivity index (χ2n) is 4.60. The molecule has 0 saturated carbocycles. The van der Waals surface area contributed by atoms with Crippen molar-refractivity contribution in [3.63, 3.8) is 0 Å². The summed E-state index contributed by atoms with van der Waals surface area (Å²) in [6.07, 6.45) is 1.32. The Hall–Kier alpha value is -1.35. The standard InChI is InChI=1S/C13H16N2O/c1-8-5-4-6-12-14-11-7-9(2)16-10(3)13(11)15(8)12/h4-6,9-10H,7H2,1-3H3. The number of hydrogen-bond donors (Lipinski definition) is 0. The molecule has 1 aliphatic heterocycles. The van der Waals surface area contributed by atoms with Crippen molar-refractivity contribution in [3.8, 4) is 0 Å². The molecule has 3 heterocycles. The molecule has 0 aromatic carbocycles. The molecule has 0 N–H and O–H groups in total. The van der Waals surface area contributed by atoms with Crippen LogP contribution in [0.4, 0.5) is 0 Å². The molecule has 2 atom stereocenters. The number of ether oxygens (including phenoxy) is 1. The molecule has 0 saturated heterocycles. The highest BCUT2D eigenvalue weighted by atomic mass is 16.5. The van der Waals surface area contributed by atoms with E-state index in [0.717, 1.165) is 12.1 Å². The molecule has 0 amide bonds. The third kappa shape index (κ3) is 1.28. The van der Waals surface area contributed by atoms with Crippen LogP contribution in [0, 0.1) is 6.92 Å². The van der Waals surface area contributed by atoms with E-state index < -0.39 is 0 Å². The topological polar surface area (TPSA) is 26.5 Å². The molecule has 3 nitrogen and oxygen atoms in total. The number of aromatic nitrogens is 2. The average molecular weight is 216 g/mol. The maximum Gasteiger partial charge on any atom is 0.137 e. The van der Waals surface area contributed by atoms with Gasteiger partial charge < -0.3 is 4.74 Å². The molecule has 3 rings (SSSR count). The van der Waals surface area contributed by atoms with Crippen LogP contribution in [0.1, 0.15) is 37.0 Å². The zero-order chi connectivity index (χ0) is 11.3. The third-order valence-electron chi connectivity index (χ3n) is 3.25. The summed E-state index contributed by atoms with van der Waals surface area (Å²) in [5.41, 5.74) is 4.68. The van der Waals surface area contributed by atoms with Crippen LogP contribution in [0.2, 0.25) is 0 Å². The Bertz CT molecular complexity index is 544. The van der Waals surface area contributed by atoms with Gasteiger partial charge in [0.1, 0.15) is 5.65 Å². The normalized spacial score (nSPS) is 24.7. The van der Waals surface area contributed by atoms with E-state index >= 15 is 0 Å². The van der Waals surface area contributed by atoms with Gasteiger partial charge in [-0.05, 0) is 32.9 Å². The molecule has 2 unspecified atom stereocenters. The van der Waals surface area contributed by atoms with Crippen LogP contribution in [0.15, 0.2) is 18.2 Å². The maximum atomic E-state index is 5.87. The van der Waals surface area contributed by atoms with Gasteiger partial charge in [0, 0.05) is 12.1 Å². The molecular formula is C13H16N2O. The SMILES string of the molecule is Cc1cccc2nc3c(n12)C(C)OC(C)C3. The lowest BCUT2D eigenvalue weighted by molar-refractivity contribution is -0.00841. The summed E-state index contributed by atoms with van der Waals surface area (Å²) in [6, 6.07) is 6.22. The average Bonchev–Trinajstić information content (AvgIpc) is 2.56. The Morgan fingerprint density at radius 3 is 3.00 bits per heavy atom. The lowest BCUT2D eigenvalue weighted by atomic mass is 10.1. The van der Waals surface area contributed by atoms with E-state index in [1.54, 1.807) is 0 Å². The molecule has 1 aliphatic rings. The second-order valence-corrected chi connectivity index (χ2v) is 4.60. The van der Waals surface area contributed by atoms with Crippen molar-refractivity contribution < 1.29 is 4.74 Å². The van der Waals surface area contributed by atoms with Crippen molar-refractivity contribution in [2.75, 3.05) is 0 Å². The quantitative estimate of drug-likeness (QED) is 0.676. The lowest BCUT2D eigenvalue weighted by Gasteiger charge is -2.25. The molecule has 16 heavy (non-hydrogen) atoms. The highest BCUT2D eigenvalue weighted by molar-refractivity contribution is 5.46. The molecule has 0 bridgehead atoms. The summed E-state index contributed by atoms with van der Waals surface area (Å²) in [6.45, 7) is 6.32.